The van der Waals surface area contributed by atoms with Gasteiger partial charge in [0.25, 0.3) is 10.2 Å². The minimum absolute atomic E-state index is 0.0335. The van der Waals surface area contributed by atoms with Crippen LogP contribution in [0.4, 0.5) is 0 Å². The first-order valence-corrected chi connectivity index (χ1v) is 7.32. The number of amides is 1. The average Bonchev–Trinajstić information content (AvgIpc) is 2.29. The number of hydrogen-bond donors (Lipinski definition) is 1. The highest BCUT2D eigenvalue weighted by atomic mass is 32.2. The normalized spacial score (nSPS) is 17.5. The zero-order valence-electron chi connectivity index (χ0n) is 10.5. The Bertz CT molecular complexity index is 348. The second-order valence-corrected chi connectivity index (χ2v) is 6.34. The van der Waals surface area contributed by atoms with Gasteiger partial charge in [-0.15, -0.1) is 0 Å². The third-order valence-corrected chi connectivity index (χ3v) is 4.34. The van der Waals surface area contributed by atoms with Crippen LogP contribution in [0.3, 0.4) is 0 Å². The van der Waals surface area contributed by atoms with Gasteiger partial charge in [-0.2, -0.15) is 12.7 Å². The van der Waals surface area contributed by atoms with E-state index in [0.29, 0.717) is 0 Å². The van der Waals surface area contributed by atoms with Crippen LogP contribution in [-0.4, -0.2) is 57.3 Å². The summed E-state index contributed by atoms with van der Waals surface area (Å²) in [6.07, 6.45) is 3.51. The number of carbonyl (C=O) groups excluding carboxylic acids is 1. The van der Waals surface area contributed by atoms with E-state index in [4.69, 9.17) is 0 Å². The summed E-state index contributed by atoms with van der Waals surface area (Å²) in [5.74, 6) is 0.0335. The molecule has 1 heterocycles. The lowest BCUT2D eigenvalue weighted by Crippen LogP contribution is -2.40. The molecule has 0 bridgehead atoms. The van der Waals surface area contributed by atoms with Crippen molar-refractivity contribution < 1.29 is 13.2 Å². The summed E-state index contributed by atoms with van der Waals surface area (Å²) in [6.45, 7) is 1.77. The topological polar surface area (TPSA) is 69.7 Å². The van der Waals surface area contributed by atoms with Crippen molar-refractivity contribution in [3.63, 3.8) is 0 Å². The molecule has 1 amide bonds. The van der Waals surface area contributed by atoms with Gasteiger partial charge in [0, 0.05) is 40.2 Å². The minimum Gasteiger partial charge on any atom is -0.343 e. The second kappa shape index (κ2) is 6.32. The van der Waals surface area contributed by atoms with Gasteiger partial charge in [0.15, 0.2) is 0 Å². The standard InChI is InChI=1S/C10H21N3O3S/c1-12(2)17(15,16)11-7-6-10(14)13-8-4-3-5-9-13/h11H,3-9H2,1-2H3. The maximum atomic E-state index is 11.7. The van der Waals surface area contributed by atoms with E-state index >= 15 is 0 Å². The monoisotopic (exact) mass is 263 g/mol. The average molecular weight is 263 g/mol. The van der Waals surface area contributed by atoms with E-state index in [1.165, 1.54) is 20.5 Å². The Morgan fingerprint density at radius 2 is 1.82 bits per heavy atom. The van der Waals surface area contributed by atoms with Gasteiger partial charge >= 0.3 is 0 Å². The van der Waals surface area contributed by atoms with E-state index in [2.05, 4.69) is 4.72 Å². The number of nitrogens with one attached hydrogen (secondary N) is 1. The molecule has 0 aliphatic carbocycles. The van der Waals surface area contributed by atoms with Gasteiger partial charge < -0.3 is 4.90 Å². The zero-order chi connectivity index (χ0) is 12.9. The minimum atomic E-state index is -3.41. The molecule has 1 saturated heterocycles. The van der Waals surface area contributed by atoms with Crippen LogP contribution in [0.1, 0.15) is 25.7 Å². The van der Waals surface area contributed by atoms with Gasteiger partial charge in [-0.3, -0.25) is 4.79 Å². The van der Waals surface area contributed by atoms with Crippen LogP contribution in [0, 0.1) is 0 Å². The SMILES string of the molecule is CN(C)S(=O)(=O)NCCC(=O)N1CCCCC1. The molecule has 0 spiro atoms. The van der Waals surface area contributed by atoms with Crippen LogP contribution in [0.15, 0.2) is 0 Å². The molecule has 0 saturated carbocycles. The zero-order valence-corrected chi connectivity index (χ0v) is 11.3. The van der Waals surface area contributed by atoms with E-state index in [0.717, 1.165) is 30.2 Å². The van der Waals surface area contributed by atoms with Gasteiger partial charge in [0.1, 0.15) is 0 Å². The van der Waals surface area contributed by atoms with Crippen LogP contribution >= 0.6 is 0 Å². The molecule has 0 unspecified atom stereocenters. The Balaban J connectivity index is 2.29. The predicted octanol–water partition coefficient (Wildman–Crippen LogP) is -0.215. The number of nitrogens with zero attached hydrogens (tertiary/aromatic N) is 2. The number of piperidine rings is 1. The summed E-state index contributed by atoms with van der Waals surface area (Å²) >= 11 is 0. The lowest BCUT2D eigenvalue weighted by Gasteiger charge is -2.26. The summed E-state index contributed by atoms with van der Waals surface area (Å²) in [4.78, 5) is 13.5. The molecule has 1 rings (SSSR count). The summed E-state index contributed by atoms with van der Waals surface area (Å²) in [5.41, 5.74) is 0. The van der Waals surface area contributed by atoms with Crippen LogP contribution in [0.5, 0.6) is 0 Å². The van der Waals surface area contributed by atoms with Gasteiger partial charge in [-0.25, -0.2) is 4.72 Å². The molecule has 100 valence electrons. The highest BCUT2D eigenvalue weighted by molar-refractivity contribution is 7.87. The highest BCUT2D eigenvalue weighted by Crippen LogP contribution is 2.09. The quantitative estimate of drug-likeness (QED) is 0.746. The summed E-state index contributed by atoms with van der Waals surface area (Å²) < 4.78 is 26.2. The molecule has 7 heteroatoms. The summed E-state index contributed by atoms with van der Waals surface area (Å²) in [7, 11) is -0.506. The molecule has 1 N–H and O–H groups in total. The Morgan fingerprint density at radius 3 is 2.35 bits per heavy atom. The molecule has 0 atom stereocenters. The Labute approximate surface area is 103 Å². The predicted molar refractivity (Wildman–Crippen MR) is 65.7 cm³/mol. The third-order valence-electron chi connectivity index (χ3n) is 2.81. The third kappa shape index (κ3) is 4.61. The molecule has 1 aliphatic rings. The fourth-order valence-electron chi connectivity index (χ4n) is 1.72. The fourth-order valence-corrected chi connectivity index (χ4v) is 2.34. The van der Waals surface area contributed by atoms with Crippen molar-refractivity contribution >= 4 is 16.1 Å². The molecule has 0 radical (unpaired) electrons. The van der Waals surface area contributed by atoms with Crippen molar-refractivity contribution in [3.8, 4) is 0 Å². The Hall–Kier alpha value is -0.660. The maximum Gasteiger partial charge on any atom is 0.278 e. The van der Waals surface area contributed by atoms with E-state index < -0.39 is 10.2 Å². The Morgan fingerprint density at radius 1 is 1.24 bits per heavy atom. The van der Waals surface area contributed by atoms with Crippen LogP contribution in [-0.2, 0) is 15.0 Å². The second-order valence-electron chi connectivity index (χ2n) is 4.37. The van der Waals surface area contributed by atoms with E-state index in [1.807, 2.05) is 4.90 Å². The fraction of sp³-hybridized carbons (Fsp3) is 0.900. The van der Waals surface area contributed by atoms with E-state index in [9.17, 15) is 13.2 Å². The van der Waals surface area contributed by atoms with Gasteiger partial charge in [0.05, 0.1) is 0 Å². The highest BCUT2D eigenvalue weighted by Gasteiger charge is 2.17. The van der Waals surface area contributed by atoms with Crippen molar-refractivity contribution in [3.05, 3.63) is 0 Å². The summed E-state index contributed by atoms with van der Waals surface area (Å²) in [5, 5.41) is 0. The molecule has 0 aromatic heterocycles. The van der Waals surface area contributed by atoms with Gasteiger partial charge in [-0.05, 0) is 19.3 Å². The van der Waals surface area contributed by atoms with Crippen molar-refractivity contribution in [1.29, 1.82) is 0 Å². The number of likely N-dealkylation sites (tertiary alicyclic amines) is 1. The lowest BCUT2D eigenvalue weighted by molar-refractivity contribution is -0.131. The van der Waals surface area contributed by atoms with Crippen LogP contribution in [0.2, 0.25) is 0 Å². The molecule has 6 nitrogen and oxygen atoms in total. The first-order chi connectivity index (χ1) is 7.93. The van der Waals surface area contributed by atoms with Crippen LogP contribution < -0.4 is 4.72 Å². The van der Waals surface area contributed by atoms with Crippen LogP contribution in [0.25, 0.3) is 0 Å². The van der Waals surface area contributed by atoms with E-state index in [1.54, 1.807) is 0 Å². The molecule has 1 aliphatic heterocycles. The van der Waals surface area contributed by atoms with Gasteiger partial charge in [-0.1, -0.05) is 0 Å². The van der Waals surface area contributed by atoms with E-state index in [-0.39, 0.29) is 18.9 Å². The number of hydrogen-bond acceptors (Lipinski definition) is 3. The van der Waals surface area contributed by atoms with Crippen molar-refractivity contribution in [2.24, 2.45) is 0 Å². The smallest absolute Gasteiger partial charge is 0.278 e. The first-order valence-electron chi connectivity index (χ1n) is 5.88. The number of carbonyl (C=O) groups is 1. The lowest BCUT2D eigenvalue weighted by atomic mass is 10.1. The maximum absolute atomic E-state index is 11.7. The molecule has 17 heavy (non-hydrogen) atoms. The molecule has 1 fully saturated rings. The largest absolute Gasteiger partial charge is 0.343 e. The van der Waals surface area contributed by atoms with Crippen molar-refractivity contribution in [2.75, 3.05) is 33.7 Å². The molecule has 0 aromatic carbocycles. The molecular formula is C10H21N3O3S. The molecule has 0 aromatic rings. The van der Waals surface area contributed by atoms with Crippen molar-refractivity contribution in [1.82, 2.24) is 13.9 Å². The molecular weight excluding hydrogens is 242 g/mol. The van der Waals surface area contributed by atoms with Gasteiger partial charge in [0.2, 0.25) is 5.91 Å². The van der Waals surface area contributed by atoms with Crippen molar-refractivity contribution in [2.45, 2.75) is 25.7 Å². The first kappa shape index (κ1) is 14.4. The summed E-state index contributed by atoms with van der Waals surface area (Å²) in [6, 6.07) is 0. The Kier molecular flexibility index (Phi) is 5.35. The number of rotatable bonds is 5.